The normalized spacial score (nSPS) is 16.1. The zero-order valence-corrected chi connectivity index (χ0v) is 20.4. The van der Waals surface area contributed by atoms with Gasteiger partial charge >= 0.3 is 0 Å². The van der Waals surface area contributed by atoms with Crippen molar-refractivity contribution in [1.29, 1.82) is 0 Å². The molecule has 1 aromatic carbocycles. The maximum absolute atomic E-state index is 12.4. The van der Waals surface area contributed by atoms with Crippen molar-refractivity contribution in [3.05, 3.63) is 49.4 Å². The van der Waals surface area contributed by atoms with Crippen molar-refractivity contribution < 1.29 is 9.59 Å². The van der Waals surface area contributed by atoms with Gasteiger partial charge in [-0.3, -0.25) is 14.9 Å². The number of fused-ring (bicyclic) bond motifs is 1. The second-order valence-corrected chi connectivity index (χ2v) is 11.1. The number of nitrogens with two attached hydrogens (primary N) is 1. The van der Waals surface area contributed by atoms with Crippen LogP contribution in [0.2, 0.25) is 0 Å². The van der Waals surface area contributed by atoms with Crippen LogP contribution in [0.15, 0.2) is 24.3 Å². The monoisotopic (exact) mass is 541 g/mol. The average Bonchev–Trinajstić information content (AvgIpc) is 2.97. The van der Waals surface area contributed by atoms with Gasteiger partial charge in [-0.15, -0.1) is 11.3 Å². The van der Waals surface area contributed by atoms with E-state index in [1.165, 1.54) is 16.2 Å². The van der Waals surface area contributed by atoms with E-state index in [2.05, 4.69) is 54.0 Å². The van der Waals surface area contributed by atoms with E-state index in [9.17, 15) is 9.59 Å². The Morgan fingerprint density at radius 3 is 2.66 bits per heavy atom. The lowest BCUT2D eigenvalue weighted by Gasteiger charge is -2.33. The molecule has 0 fully saturated rings. The van der Waals surface area contributed by atoms with Crippen LogP contribution in [-0.2, 0) is 12.8 Å². The highest BCUT2D eigenvalue weighted by atomic mass is 127. The molecule has 1 unspecified atom stereocenters. The molecular formula is C21H24IN3O2S2. The van der Waals surface area contributed by atoms with E-state index < -0.39 is 5.91 Å². The summed E-state index contributed by atoms with van der Waals surface area (Å²) in [5.74, 6) is -0.212. The molecule has 2 amide bonds. The van der Waals surface area contributed by atoms with Crippen molar-refractivity contribution >= 4 is 68.1 Å². The first-order valence-corrected chi connectivity index (χ1v) is 11.7. The van der Waals surface area contributed by atoms with Crippen molar-refractivity contribution in [2.45, 2.75) is 40.0 Å². The van der Waals surface area contributed by atoms with Gasteiger partial charge in [0.2, 0.25) is 0 Å². The predicted molar refractivity (Wildman–Crippen MR) is 131 cm³/mol. The molecule has 2 aromatic rings. The lowest BCUT2D eigenvalue weighted by atomic mass is 9.72. The maximum Gasteiger partial charge on any atom is 0.257 e. The van der Waals surface area contributed by atoms with Crippen LogP contribution in [0.4, 0.5) is 5.00 Å². The summed E-state index contributed by atoms with van der Waals surface area (Å²) in [5, 5.41) is 6.49. The number of benzene rings is 1. The third-order valence-electron chi connectivity index (χ3n) is 5.28. The summed E-state index contributed by atoms with van der Waals surface area (Å²) in [6.07, 6.45) is 2.78. The van der Waals surface area contributed by atoms with Crippen molar-refractivity contribution in [3.63, 3.8) is 0 Å². The summed E-state index contributed by atoms with van der Waals surface area (Å²) in [5.41, 5.74) is 7.94. The number of carbonyl (C=O) groups is 2. The Kier molecular flexibility index (Phi) is 6.64. The van der Waals surface area contributed by atoms with Gasteiger partial charge in [0.1, 0.15) is 5.00 Å². The molecule has 1 heterocycles. The number of nitrogens with one attached hydrogen (secondary N) is 2. The smallest absolute Gasteiger partial charge is 0.257 e. The van der Waals surface area contributed by atoms with Crippen LogP contribution in [0.25, 0.3) is 0 Å². The van der Waals surface area contributed by atoms with Crippen LogP contribution >= 0.6 is 46.1 Å². The first-order valence-electron chi connectivity index (χ1n) is 9.38. The van der Waals surface area contributed by atoms with E-state index in [1.54, 1.807) is 12.1 Å². The highest BCUT2D eigenvalue weighted by Crippen LogP contribution is 2.44. The van der Waals surface area contributed by atoms with Gasteiger partial charge in [-0.2, -0.15) is 0 Å². The number of thiocarbonyl (C=S) groups is 1. The van der Waals surface area contributed by atoms with E-state index in [-0.39, 0.29) is 16.4 Å². The van der Waals surface area contributed by atoms with Gasteiger partial charge in [0.15, 0.2) is 5.11 Å². The Labute approximate surface area is 194 Å². The minimum Gasteiger partial charge on any atom is -0.365 e. The molecule has 0 aliphatic heterocycles. The Morgan fingerprint density at radius 2 is 2.03 bits per heavy atom. The van der Waals surface area contributed by atoms with Gasteiger partial charge in [0.05, 0.1) is 5.56 Å². The van der Waals surface area contributed by atoms with Crippen LogP contribution in [-0.4, -0.2) is 16.9 Å². The number of halogens is 1. The molecule has 1 atom stereocenters. The Morgan fingerprint density at radius 1 is 1.31 bits per heavy atom. The summed E-state index contributed by atoms with van der Waals surface area (Å²) in [6, 6.07) is 7.24. The lowest BCUT2D eigenvalue weighted by molar-refractivity contribution is 0.0975. The average molecular weight is 541 g/mol. The largest absolute Gasteiger partial charge is 0.365 e. The fourth-order valence-electron chi connectivity index (χ4n) is 3.61. The van der Waals surface area contributed by atoms with E-state index >= 15 is 0 Å². The molecule has 1 aromatic heterocycles. The number of thiophene rings is 1. The van der Waals surface area contributed by atoms with Gasteiger partial charge in [0.25, 0.3) is 11.8 Å². The maximum atomic E-state index is 12.4. The molecule has 1 aliphatic carbocycles. The van der Waals surface area contributed by atoms with Crippen molar-refractivity contribution in [2.24, 2.45) is 17.1 Å². The number of hydrogen-bond acceptors (Lipinski definition) is 4. The number of hydrogen-bond donors (Lipinski definition) is 3. The minimum atomic E-state index is -0.467. The van der Waals surface area contributed by atoms with Gasteiger partial charge in [-0.1, -0.05) is 26.8 Å². The molecule has 1 aliphatic rings. The third kappa shape index (κ3) is 5.16. The van der Waals surface area contributed by atoms with Gasteiger partial charge in [-0.05, 0) is 89.2 Å². The van der Waals surface area contributed by atoms with Crippen LogP contribution in [0, 0.1) is 14.9 Å². The summed E-state index contributed by atoms with van der Waals surface area (Å²) >= 11 is 8.99. The van der Waals surface area contributed by atoms with E-state index in [0.717, 1.165) is 28.4 Å². The van der Waals surface area contributed by atoms with Gasteiger partial charge in [0, 0.05) is 14.0 Å². The molecule has 5 nitrogen and oxygen atoms in total. The summed E-state index contributed by atoms with van der Waals surface area (Å²) in [6.45, 7) is 6.75. The van der Waals surface area contributed by atoms with E-state index in [1.807, 2.05) is 12.1 Å². The topological polar surface area (TPSA) is 84.2 Å². The Balaban J connectivity index is 1.79. The van der Waals surface area contributed by atoms with Gasteiger partial charge < -0.3 is 11.1 Å². The van der Waals surface area contributed by atoms with Crippen LogP contribution < -0.4 is 16.4 Å². The second kappa shape index (κ2) is 8.69. The zero-order valence-electron chi connectivity index (χ0n) is 16.6. The van der Waals surface area contributed by atoms with E-state index in [4.69, 9.17) is 18.0 Å². The Hall–Kier alpha value is -1.52. The highest BCUT2D eigenvalue weighted by Gasteiger charge is 2.33. The number of anilines is 1. The number of rotatable bonds is 3. The molecule has 29 heavy (non-hydrogen) atoms. The highest BCUT2D eigenvalue weighted by molar-refractivity contribution is 14.1. The first-order chi connectivity index (χ1) is 13.6. The molecule has 8 heteroatoms. The minimum absolute atomic E-state index is 0.155. The van der Waals surface area contributed by atoms with E-state index in [0.29, 0.717) is 22.0 Å². The zero-order chi connectivity index (χ0) is 21.3. The summed E-state index contributed by atoms with van der Waals surface area (Å²) in [4.78, 5) is 25.8. The molecule has 0 bridgehead atoms. The van der Waals surface area contributed by atoms with Crippen molar-refractivity contribution in [1.82, 2.24) is 5.32 Å². The molecule has 0 saturated carbocycles. The summed E-state index contributed by atoms with van der Waals surface area (Å²) < 4.78 is 0.962. The number of amides is 2. The fraction of sp³-hybridized carbons (Fsp3) is 0.381. The Bertz CT molecular complexity index is 979. The first kappa shape index (κ1) is 22.2. The number of carbonyl (C=O) groups excluding carboxylic acids is 2. The van der Waals surface area contributed by atoms with Crippen LogP contribution in [0.3, 0.4) is 0 Å². The van der Waals surface area contributed by atoms with Crippen LogP contribution in [0.1, 0.15) is 58.3 Å². The standard InChI is InChI=1S/C21H24IN3O2S2/c1-21(2,3)12-7-8-14-15(10-12)29-19(16(14)17(23)26)25-20(28)24-18(27)11-5-4-6-13(22)9-11/h4-6,9,12H,7-8,10H2,1-3H3,(H2,23,26)(H2,24,25,27,28). The van der Waals surface area contributed by atoms with Crippen molar-refractivity contribution in [2.75, 3.05) is 5.32 Å². The lowest BCUT2D eigenvalue weighted by Crippen LogP contribution is -2.34. The fourth-order valence-corrected chi connectivity index (χ4v) is 5.75. The van der Waals surface area contributed by atoms with Gasteiger partial charge in [-0.25, -0.2) is 0 Å². The molecule has 0 saturated heterocycles. The third-order valence-corrected chi connectivity index (χ3v) is 7.32. The summed E-state index contributed by atoms with van der Waals surface area (Å²) in [7, 11) is 0. The molecule has 0 radical (unpaired) electrons. The van der Waals surface area contributed by atoms with Crippen LogP contribution in [0.5, 0.6) is 0 Å². The van der Waals surface area contributed by atoms with Crippen molar-refractivity contribution in [3.8, 4) is 0 Å². The predicted octanol–water partition coefficient (Wildman–Crippen LogP) is 4.73. The molecular weight excluding hydrogens is 517 g/mol. The number of primary amides is 1. The molecule has 0 spiro atoms. The molecule has 154 valence electrons. The SMILES string of the molecule is CC(C)(C)C1CCc2c(sc(NC(=S)NC(=O)c3cccc(I)c3)c2C(N)=O)C1. The molecule has 3 rings (SSSR count). The second-order valence-electron chi connectivity index (χ2n) is 8.30. The molecule has 4 N–H and O–H groups in total. The quantitative estimate of drug-likeness (QED) is 0.388.